The van der Waals surface area contributed by atoms with Gasteiger partial charge in [-0.25, -0.2) is 0 Å². The summed E-state index contributed by atoms with van der Waals surface area (Å²) >= 11 is 5.93. The molecule has 0 bridgehead atoms. The van der Waals surface area contributed by atoms with Crippen LogP contribution in [0.2, 0.25) is 5.02 Å². The van der Waals surface area contributed by atoms with Crippen LogP contribution in [0.4, 0.5) is 11.4 Å². The van der Waals surface area contributed by atoms with Gasteiger partial charge in [-0.1, -0.05) is 11.6 Å². The van der Waals surface area contributed by atoms with Gasteiger partial charge in [0.2, 0.25) is 5.91 Å². The van der Waals surface area contributed by atoms with Gasteiger partial charge in [0.25, 0.3) is 0 Å². The number of benzene rings is 1. The molecule has 1 aromatic rings. The third kappa shape index (κ3) is 3.61. The molecule has 0 heterocycles. The molecule has 1 fully saturated rings. The number of rotatable bonds is 5. The summed E-state index contributed by atoms with van der Waals surface area (Å²) < 4.78 is 0. The number of nitrogens with one attached hydrogen (secondary N) is 3. The van der Waals surface area contributed by atoms with Crippen LogP contribution in [0.3, 0.4) is 0 Å². The summed E-state index contributed by atoms with van der Waals surface area (Å²) in [6.07, 6.45) is 2.37. The zero-order chi connectivity index (χ0) is 12.3. The van der Waals surface area contributed by atoms with Crippen LogP contribution in [0.5, 0.6) is 0 Å². The van der Waals surface area contributed by atoms with Crippen molar-refractivity contribution in [2.75, 3.05) is 24.2 Å². The molecule has 4 nitrogen and oxygen atoms in total. The molecular formula is C12H16ClN3O. The molecule has 0 aromatic heterocycles. The minimum atomic E-state index is -0.0754. The monoisotopic (exact) mass is 253 g/mol. The number of likely N-dealkylation sites (N-methyl/N-ethyl adjacent to an activating group) is 1. The minimum absolute atomic E-state index is 0.0754. The van der Waals surface area contributed by atoms with Crippen LogP contribution in [0.25, 0.3) is 0 Å². The van der Waals surface area contributed by atoms with E-state index in [1.165, 1.54) is 12.8 Å². The molecular weight excluding hydrogens is 238 g/mol. The quantitative estimate of drug-likeness (QED) is 0.753. The number of carbonyl (C=O) groups is 1. The first-order valence-electron chi connectivity index (χ1n) is 5.69. The smallest absolute Gasteiger partial charge is 0.238 e. The summed E-state index contributed by atoms with van der Waals surface area (Å²) in [6, 6.07) is 6.02. The fourth-order valence-corrected chi connectivity index (χ4v) is 1.72. The molecule has 1 aliphatic rings. The standard InChI is InChI=1S/C12H16ClN3O/c1-14-7-12(17)16-11-6-8(13)2-5-10(11)15-9-3-4-9/h2,5-6,9,14-15H,3-4,7H2,1H3,(H,16,17). The van der Waals surface area contributed by atoms with Crippen molar-refractivity contribution in [3.05, 3.63) is 23.2 Å². The second-order valence-electron chi connectivity index (χ2n) is 4.19. The van der Waals surface area contributed by atoms with Gasteiger partial charge < -0.3 is 16.0 Å². The summed E-state index contributed by atoms with van der Waals surface area (Å²) in [5.74, 6) is -0.0754. The Morgan fingerprint density at radius 1 is 1.41 bits per heavy atom. The molecule has 1 aliphatic carbocycles. The summed E-state index contributed by atoms with van der Waals surface area (Å²) in [4.78, 5) is 11.5. The number of hydrogen-bond donors (Lipinski definition) is 3. The SMILES string of the molecule is CNCC(=O)Nc1cc(Cl)ccc1NC1CC1. The second-order valence-corrected chi connectivity index (χ2v) is 4.62. The number of carbonyl (C=O) groups excluding carboxylic acids is 1. The third-order valence-corrected chi connectivity index (χ3v) is 2.77. The zero-order valence-electron chi connectivity index (χ0n) is 9.72. The molecule has 3 N–H and O–H groups in total. The van der Waals surface area contributed by atoms with Crippen molar-refractivity contribution in [3.8, 4) is 0 Å². The lowest BCUT2D eigenvalue weighted by molar-refractivity contribution is -0.115. The molecule has 17 heavy (non-hydrogen) atoms. The van der Waals surface area contributed by atoms with E-state index in [1.807, 2.05) is 12.1 Å². The van der Waals surface area contributed by atoms with Gasteiger partial charge >= 0.3 is 0 Å². The van der Waals surface area contributed by atoms with E-state index in [2.05, 4.69) is 16.0 Å². The van der Waals surface area contributed by atoms with E-state index in [4.69, 9.17) is 11.6 Å². The molecule has 0 atom stereocenters. The average Bonchev–Trinajstić information content (AvgIpc) is 3.06. The summed E-state index contributed by atoms with van der Waals surface area (Å²) in [5.41, 5.74) is 1.67. The van der Waals surface area contributed by atoms with Crippen LogP contribution in [-0.4, -0.2) is 25.5 Å². The Balaban J connectivity index is 2.10. The van der Waals surface area contributed by atoms with Crippen molar-refractivity contribution in [2.45, 2.75) is 18.9 Å². The highest BCUT2D eigenvalue weighted by molar-refractivity contribution is 6.31. The predicted molar refractivity (Wildman–Crippen MR) is 70.7 cm³/mol. The highest BCUT2D eigenvalue weighted by Crippen LogP contribution is 2.31. The largest absolute Gasteiger partial charge is 0.381 e. The summed E-state index contributed by atoms with van der Waals surface area (Å²) in [7, 11) is 1.74. The zero-order valence-corrected chi connectivity index (χ0v) is 10.5. The first-order valence-corrected chi connectivity index (χ1v) is 6.07. The van der Waals surface area contributed by atoms with E-state index < -0.39 is 0 Å². The van der Waals surface area contributed by atoms with Crippen molar-refractivity contribution in [1.29, 1.82) is 0 Å². The van der Waals surface area contributed by atoms with Crippen LogP contribution in [-0.2, 0) is 4.79 Å². The Kier molecular flexibility index (Phi) is 3.86. The van der Waals surface area contributed by atoms with Crippen LogP contribution in [0.15, 0.2) is 18.2 Å². The maximum absolute atomic E-state index is 11.5. The van der Waals surface area contributed by atoms with E-state index in [0.29, 0.717) is 11.1 Å². The maximum atomic E-state index is 11.5. The average molecular weight is 254 g/mol. The van der Waals surface area contributed by atoms with Gasteiger partial charge in [-0.2, -0.15) is 0 Å². The molecule has 0 unspecified atom stereocenters. The third-order valence-electron chi connectivity index (χ3n) is 2.53. The van der Waals surface area contributed by atoms with E-state index in [1.54, 1.807) is 13.1 Å². The lowest BCUT2D eigenvalue weighted by Gasteiger charge is -2.13. The van der Waals surface area contributed by atoms with Crippen molar-refractivity contribution < 1.29 is 4.79 Å². The van der Waals surface area contributed by atoms with Gasteiger partial charge in [-0.3, -0.25) is 4.79 Å². The van der Waals surface area contributed by atoms with Crippen LogP contribution in [0.1, 0.15) is 12.8 Å². The van der Waals surface area contributed by atoms with Gasteiger partial charge in [0.15, 0.2) is 0 Å². The fourth-order valence-electron chi connectivity index (χ4n) is 1.55. The van der Waals surface area contributed by atoms with Crippen molar-refractivity contribution in [2.24, 2.45) is 0 Å². The Morgan fingerprint density at radius 3 is 2.82 bits per heavy atom. The molecule has 0 aliphatic heterocycles. The van der Waals surface area contributed by atoms with E-state index in [-0.39, 0.29) is 12.5 Å². The van der Waals surface area contributed by atoms with Gasteiger partial charge in [-0.05, 0) is 38.1 Å². The summed E-state index contributed by atoms with van der Waals surface area (Å²) in [6.45, 7) is 0.287. The number of hydrogen-bond acceptors (Lipinski definition) is 3. The molecule has 2 rings (SSSR count). The van der Waals surface area contributed by atoms with Gasteiger partial charge in [0.1, 0.15) is 0 Å². The number of amides is 1. The molecule has 0 radical (unpaired) electrons. The topological polar surface area (TPSA) is 53.2 Å². The van der Waals surface area contributed by atoms with E-state index in [9.17, 15) is 4.79 Å². The molecule has 0 saturated heterocycles. The number of halogens is 1. The highest BCUT2D eigenvalue weighted by atomic mass is 35.5. The van der Waals surface area contributed by atoms with Gasteiger partial charge in [0, 0.05) is 11.1 Å². The van der Waals surface area contributed by atoms with Crippen molar-refractivity contribution >= 4 is 28.9 Å². The normalized spacial score (nSPS) is 14.5. The minimum Gasteiger partial charge on any atom is -0.381 e. The molecule has 0 spiro atoms. The molecule has 1 aromatic carbocycles. The lowest BCUT2D eigenvalue weighted by atomic mass is 10.2. The Bertz CT molecular complexity index is 418. The highest BCUT2D eigenvalue weighted by Gasteiger charge is 2.22. The van der Waals surface area contributed by atoms with Crippen LogP contribution in [0, 0.1) is 0 Å². The van der Waals surface area contributed by atoms with Crippen molar-refractivity contribution in [1.82, 2.24) is 5.32 Å². The maximum Gasteiger partial charge on any atom is 0.238 e. The Labute approximate surface area is 106 Å². The van der Waals surface area contributed by atoms with E-state index in [0.717, 1.165) is 11.4 Å². The summed E-state index contributed by atoms with van der Waals surface area (Å²) in [5, 5.41) is 9.63. The lowest BCUT2D eigenvalue weighted by Crippen LogP contribution is -2.25. The fraction of sp³-hybridized carbons (Fsp3) is 0.417. The Hall–Kier alpha value is -1.26. The van der Waals surface area contributed by atoms with Crippen LogP contribution >= 0.6 is 11.6 Å². The van der Waals surface area contributed by atoms with Gasteiger partial charge in [0.05, 0.1) is 17.9 Å². The van der Waals surface area contributed by atoms with Crippen molar-refractivity contribution in [3.63, 3.8) is 0 Å². The Morgan fingerprint density at radius 2 is 2.18 bits per heavy atom. The van der Waals surface area contributed by atoms with Gasteiger partial charge in [-0.15, -0.1) is 0 Å². The van der Waals surface area contributed by atoms with E-state index >= 15 is 0 Å². The molecule has 1 amide bonds. The second kappa shape index (κ2) is 5.38. The first kappa shape index (κ1) is 12.2. The molecule has 1 saturated carbocycles. The first-order chi connectivity index (χ1) is 8.19. The number of anilines is 2. The van der Waals surface area contributed by atoms with Crippen LogP contribution < -0.4 is 16.0 Å². The predicted octanol–water partition coefficient (Wildman–Crippen LogP) is 2.07. The molecule has 92 valence electrons. The molecule has 5 heteroatoms.